The molecule has 1 N–H and O–H groups in total. The molecule has 0 unspecified atom stereocenters. The lowest BCUT2D eigenvalue weighted by atomic mass is 10.1. The second-order valence-corrected chi connectivity index (χ2v) is 7.62. The number of nitrogens with one attached hydrogen (secondary N) is 1. The molecule has 4 rings (SSSR count). The summed E-state index contributed by atoms with van der Waals surface area (Å²) in [5.74, 6) is 6.38. The number of benzene rings is 2. The number of rotatable bonds is 3. The van der Waals surface area contributed by atoms with Crippen molar-refractivity contribution in [1.29, 1.82) is 5.26 Å². The quantitative estimate of drug-likeness (QED) is 0.638. The van der Waals surface area contributed by atoms with E-state index in [0.29, 0.717) is 29.2 Å². The molecule has 1 aliphatic heterocycles. The van der Waals surface area contributed by atoms with Crippen LogP contribution in [0.2, 0.25) is 0 Å². The summed E-state index contributed by atoms with van der Waals surface area (Å²) in [6.45, 7) is 3.89. The van der Waals surface area contributed by atoms with Gasteiger partial charge >= 0.3 is 0 Å². The summed E-state index contributed by atoms with van der Waals surface area (Å²) in [5.41, 5.74) is 3.30. The van der Waals surface area contributed by atoms with Crippen LogP contribution in [0.25, 0.3) is 0 Å². The van der Waals surface area contributed by atoms with Crippen molar-refractivity contribution < 1.29 is 4.79 Å². The van der Waals surface area contributed by atoms with Gasteiger partial charge in [-0.15, -0.1) is 5.92 Å². The fraction of sp³-hybridized carbons (Fsp3) is 0.130. The maximum atomic E-state index is 13.2. The highest BCUT2D eigenvalue weighted by atomic mass is 32.2. The van der Waals surface area contributed by atoms with Gasteiger partial charge in [0.25, 0.3) is 5.91 Å². The summed E-state index contributed by atoms with van der Waals surface area (Å²) < 4.78 is 0. The molecule has 2 aromatic carbocycles. The third-order valence-corrected chi connectivity index (χ3v) is 5.82. The molecule has 0 saturated heterocycles. The van der Waals surface area contributed by atoms with Crippen molar-refractivity contribution in [2.75, 3.05) is 16.8 Å². The molecule has 1 aromatic heterocycles. The van der Waals surface area contributed by atoms with E-state index in [-0.39, 0.29) is 5.91 Å². The molecule has 0 fully saturated rings. The molecule has 6 nitrogen and oxygen atoms in total. The van der Waals surface area contributed by atoms with Crippen LogP contribution in [0.1, 0.15) is 28.5 Å². The Labute approximate surface area is 179 Å². The minimum atomic E-state index is -0.0642. The van der Waals surface area contributed by atoms with Gasteiger partial charge in [-0.05, 0) is 44.2 Å². The standard InChI is InChI=1S/C23H17N5OS/c1-3-4-11-28-19-10-9-16(27-22-15(2)18(13-24)25-14-26-22)12-21(19)30-20-8-6-5-7-17(20)23(28)29/h5-10,12,14H,11H2,1-2H3,(H,25,26,27). The number of carbonyl (C=O) groups excluding carboxylic acids is 1. The lowest BCUT2D eigenvalue weighted by Gasteiger charge is -2.21. The average molecular weight is 411 g/mol. The zero-order valence-corrected chi connectivity index (χ0v) is 17.2. The van der Waals surface area contributed by atoms with Crippen molar-refractivity contribution >= 4 is 34.9 Å². The molecule has 0 radical (unpaired) electrons. The number of aromatic nitrogens is 2. The van der Waals surface area contributed by atoms with E-state index in [1.54, 1.807) is 30.5 Å². The zero-order valence-electron chi connectivity index (χ0n) is 16.4. The van der Waals surface area contributed by atoms with Crippen LogP contribution in [-0.4, -0.2) is 22.4 Å². The first-order valence-electron chi connectivity index (χ1n) is 9.23. The van der Waals surface area contributed by atoms with Crippen molar-refractivity contribution in [3.8, 4) is 17.9 Å². The topological polar surface area (TPSA) is 81.9 Å². The smallest absolute Gasteiger partial charge is 0.260 e. The maximum absolute atomic E-state index is 13.2. The van der Waals surface area contributed by atoms with Gasteiger partial charge in [-0.25, -0.2) is 9.97 Å². The summed E-state index contributed by atoms with van der Waals surface area (Å²) in [6.07, 6.45) is 1.37. The first-order valence-corrected chi connectivity index (χ1v) is 10.0. The highest BCUT2D eigenvalue weighted by Crippen LogP contribution is 2.42. The van der Waals surface area contributed by atoms with Gasteiger partial charge in [-0.1, -0.05) is 29.8 Å². The second-order valence-electron chi connectivity index (χ2n) is 6.53. The monoisotopic (exact) mass is 411 g/mol. The van der Waals surface area contributed by atoms with Crippen molar-refractivity contribution in [1.82, 2.24) is 9.97 Å². The summed E-state index contributed by atoms with van der Waals surface area (Å²) >= 11 is 1.55. The van der Waals surface area contributed by atoms with Gasteiger partial charge in [0.05, 0.1) is 17.8 Å². The molecule has 1 aliphatic rings. The molecule has 2 heterocycles. The number of amides is 1. The molecular weight excluding hydrogens is 394 g/mol. The van der Waals surface area contributed by atoms with Crippen LogP contribution >= 0.6 is 11.8 Å². The summed E-state index contributed by atoms with van der Waals surface area (Å²) in [5, 5.41) is 12.5. The first kappa shape index (κ1) is 19.5. The Morgan fingerprint density at radius 3 is 2.80 bits per heavy atom. The molecule has 3 aromatic rings. The summed E-state index contributed by atoms with van der Waals surface area (Å²) in [7, 11) is 0. The number of anilines is 3. The van der Waals surface area contributed by atoms with Gasteiger partial charge in [-0.2, -0.15) is 5.26 Å². The fourth-order valence-electron chi connectivity index (χ4n) is 3.14. The van der Waals surface area contributed by atoms with E-state index in [9.17, 15) is 10.1 Å². The third kappa shape index (κ3) is 3.59. The van der Waals surface area contributed by atoms with E-state index < -0.39 is 0 Å². The Bertz CT molecular complexity index is 1250. The second kappa shape index (κ2) is 8.28. The normalized spacial score (nSPS) is 12.0. The Morgan fingerprint density at radius 2 is 2.00 bits per heavy atom. The summed E-state index contributed by atoms with van der Waals surface area (Å²) in [4.78, 5) is 25.0. The molecule has 0 atom stereocenters. The van der Waals surface area contributed by atoms with Gasteiger partial charge in [-0.3, -0.25) is 9.69 Å². The lowest BCUT2D eigenvalue weighted by molar-refractivity contribution is 0.0987. The average Bonchev–Trinajstić information content (AvgIpc) is 2.87. The Kier molecular flexibility index (Phi) is 5.38. The van der Waals surface area contributed by atoms with Crippen LogP contribution in [-0.2, 0) is 0 Å². The zero-order chi connectivity index (χ0) is 21.1. The van der Waals surface area contributed by atoms with Crippen LogP contribution in [0.3, 0.4) is 0 Å². The van der Waals surface area contributed by atoms with Crippen LogP contribution in [0.15, 0.2) is 58.6 Å². The van der Waals surface area contributed by atoms with E-state index in [1.807, 2.05) is 42.5 Å². The van der Waals surface area contributed by atoms with Gasteiger partial charge < -0.3 is 5.32 Å². The van der Waals surface area contributed by atoms with E-state index >= 15 is 0 Å². The van der Waals surface area contributed by atoms with Crippen molar-refractivity contribution in [3.63, 3.8) is 0 Å². The van der Waals surface area contributed by atoms with Crippen molar-refractivity contribution in [2.24, 2.45) is 0 Å². The maximum Gasteiger partial charge on any atom is 0.260 e. The number of fused-ring (bicyclic) bond motifs is 2. The van der Waals surface area contributed by atoms with E-state index in [2.05, 4.69) is 33.2 Å². The fourth-order valence-corrected chi connectivity index (χ4v) is 4.26. The summed E-state index contributed by atoms with van der Waals surface area (Å²) in [6, 6.07) is 15.4. The van der Waals surface area contributed by atoms with Crippen LogP contribution in [0.5, 0.6) is 0 Å². The Balaban J connectivity index is 1.77. The van der Waals surface area contributed by atoms with Crippen LogP contribution in [0, 0.1) is 30.1 Å². The largest absolute Gasteiger partial charge is 0.340 e. The SMILES string of the molecule is CC#CCN1C(=O)c2ccccc2Sc2cc(Nc3ncnc(C#N)c3C)ccc21. The molecular formula is C23H17N5OS. The number of nitrogens with zero attached hydrogens (tertiary/aromatic N) is 4. The van der Waals surface area contributed by atoms with Gasteiger partial charge in [0.2, 0.25) is 0 Å². The molecule has 0 saturated carbocycles. The Hall–Kier alpha value is -3.81. The molecule has 30 heavy (non-hydrogen) atoms. The van der Waals surface area contributed by atoms with Gasteiger partial charge in [0.1, 0.15) is 23.9 Å². The minimum Gasteiger partial charge on any atom is -0.340 e. The molecule has 146 valence electrons. The minimum absolute atomic E-state index is 0.0642. The molecule has 0 spiro atoms. The van der Waals surface area contributed by atoms with Crippen LogP contribution < -0.4 is 10.2 Å². The number of hydrogen-bond acceptors (Lipinski definition) is 6. The predicted molar refractivity (Wildman–Crippen MR) is 117 cm³/mol. The molecule has 7 heteroatoms. The lowest BCUT2D eigenvalue weighted by Crippen LogP contribution is -2.31. The highest BCUT2D eigenvalue weighted by molar-refractivity contribution is 7.99. The third-order valence-electron chi connectivity index (χ3n) is 4.70. The predicted octanol–water partition coefficient (Wildman–Crippen LogP) is 4.54. The van der Waals surface area contributed by atoms with Crippen LogP contribution in [0.4, 0.5) is 17.2 Å². The first-order chi connectivity index (χ1) is 14.6. The molecule has 1 amide bonds. The van der Waals surface area contributed by atoms with Crippen molar-refractivity contribution in [2.45, 2.75) is 23.6 Å². The van der Waals surface area contributed by atoms with Gasteiger partial charge in [0.15, 0.2) is 0 Å². The Morgan fingerprint density at radius 1 is 1.17 bits per heavy atom. The highest BCUT2D eigenvalue weighted by Gasteiger charge is 2.27. The van der Waals surface area contributed by atoms with E-state index in [0.717, 1.165) is 21.2 Å². The molecule has 0 bridgehead atoms. The number of hydrogen-bond donors (Lipinski definition) is 1. The van der Waals surface area contributed by atoms with Gasteiger partial charge in [0, 0.05) is 21.0 Å². The van der Waals surface area contributed by atoms with E-state index in [1.165, 1.54) is 6.33 Å². The molecule has 0 aliphatic carbocycles. The van der Waals surface area contributed by atoms with Crippen molar-refractivity contribution in [3.05, 3.63) is 65.6 Å². The number of nitriles is 1. The number of carbonyl (C=O) groups is 1. The van der Waals surface area contributed by atoms with E-state index in [4.69, 9.17) is 0 Å².